The van der Waals surface area contributed by atoms with Crippen LogP contribution in [0.15, 0.2) is 22.5 Å². The molecule has 0 spiro atoms. The highest BCUT2D eigenvalue weighted by atomic mass is 127. The van der Waals surface area contributed by atoms with Crippen LogP contribution in [0.1, 0.15) is 43.5 Å². The number of unbranched alkanes of at least 4 members (excludes halogenated alkanes) is 1. The third kappa shape index (κ3) is 8.26. The number of rotatable bonds is 9. The normalized spacial score (nSPS) is 23.7. The standard InChI is InChI=1S/C22H39N5OS.HI/c1-3-23-22(24-10-4-5-12-27-13-15-28-16-14-27)25-18-19-8-6-11-26(2)21(19)20-9-7-17-29-20;/h7,9,17,19,21H,3-6,8,10-16,18H2,1-2H3,(H2,23,24,25);1H. The number of hydrogen-bond donors (Lipinski definition) is 2. The number of halogens is 1. The van der Waals surface area contributed by atoms with Crippen molar-refractivity contribution in [2.75, 3.05) is 66.1 Å². The van der Waals surface area contributed by atoms with Gasteiger partial charge < -0.3 is 15.4 Å². The Bertz CT molecular complexity index is 594. The third-order valence-corrected chi connectivity index (χ3v) is 6.91. The fourth-order valence-corrected chi connectivity index (χ4v) is 5.39. The first-order valence-electron chi connectivity index (χ1n) is 11.3. The van der Waals surface area contributed by atoms with Crippen molar-refractivity contribution in [3.8, 4) is 0 Å². The smallest absolute Gasteiger partial charge is 0.191 e. The minimum absolute atomic E-state index is 0. The summed E-state index contributed by atoms with van der Waals surface area (Å²) in [4.78, 5) is 11.5. The summed E-state index contributed by atoms with van der Waals surface area (Å²) >= 11 is 1.88. The predicted molar refractivity (Wildman–Crippen MR) is 138 cm³/mol. The summed E-state index contributed by atoms with van der Waals surface area (Å²) in [7, 11) is 2.26. The lowest BCUT2D eigenvalue weighted by molar-refractivity contribution is 0.0372. The predicted octanol–water partition coefficient (Wildman–Crippen LogP) is 3.42. The summed E-state index contributed by atoms with van der Waals surface area (Å²) in [5.74, 6) is 1.56. The number of aliphatic imine (C=N–C) groups is 1. The average Bonchev–Trinajstić information content (AvgIpc) is 3.27. The molecule has 0 aliphatic carbocycles. The van der Waals surface area contributed by atoms with Gasteiger partial charge in [-0.2, -0.15) is 0 Å². The second-order valence-electron chi connectivity index (χ2n) is 8.15. The van der Waals surface area contributed by atoms with Gasteiger partial charge >= 0.3 is 0 Å². The van der Waals surface area contributed by atoms with Crippen molar-refractivity contribution in [1.82, 2.24) is 20.4 Å². The van der Waals surface area contributed by atoms with Crippen LogP contribution < -0.4 is 10.6 Å². The zero-order valence-electron chi connectivity index (χ0n) is 18.6. The maximum atomic E-state index is 5.42. The van der Waals surface area contributed by atoms with Crippen LogP contribution in [0.3, 0.4) is 0 Å². The quantitative estimate of drug-likeness (QED) is 0.214. The molecule has 0 aromatic carbocycles. The second-order valence-corrected chi connectivity index (χ2v) is 9.13. The van der Waals surface area contributed by atoms with Gasteiger partial charge in [-0.05, 0) is 70.1 Å². The Hall–Kier alpha value is -0.420. The first kappa shape index (κ1) is 25.8. The van der Waals surface area contributed by atoms with Crippen LogP contribution in [0.25, 0.3) is 0 Å². The van der Waals surface area contributed by atoms with Crippen molar-refractivity contribution < 1.29 is 4.74 Å². The summed E-state index contributed by atoms with van der Waals surface area (Å²) in [6.07, 6.45) is 4.92. The van der Waals surface area contributed by atoms with Crippen LogP contribution in [0.5, 0.6) is 0 Å². The molecule has 1 aromatic heterocycles. The van der Waals surface area contributed by atoms with Crippen LogP contribution in [0.4, 0.5) is 0 Å². The summed E-state index contributed by atoms with van der Waals surface area (Å²) in [5, 5.41) is 9.16. The van der Waals surface area contributed by atoms with E-state index in [9.17, 15) is 0 Å². The number of guanidine groups is 1. The summed E-state index contributed by atoms with van der Waals surface area (Å²) < 4.78 is 5.42. The van der Waals surface area contributed by atoms with Crippen LogP contribution in [-0.2, 0) is 4.74 Å². The zero-order chi connectivity index (χ0) is 20.3. The van der Waals surface area contributed by atoms with E-state index in [1.54, 1.807) is 0 Å². The van der Waals surface area contributed by atoms with Gasteiger partial charge in [0.25, 0.3) is 0 Å². The second kappa shape index (κ2) is 14.6. The molecule has 2 N–H and O–H groups in total. The first-order valence-corrected chi connectivity index (χ1v) is 12.2. The lowest BCUT2D eigenvalue weighted by atomic mass is 9.88. The molecule has 2 saturated heterocycles. The molecule has 2 aliphatic rings. The van der Waals surface area contributed by atoms with E-state index in [0.717, 1.165) is 51.9 Å². The van der Waals surface area contributed by atoms with Crippen LogP contribution in [0.2, 0.25) is 0 Å². The van der Waals surface area contributed by atoms with E-state index in [0.29, 0.717) is 12.0 Å². The minimum Gasteiger partial charge on any atom is -0.379 e. The van der Waals surface area contributed by atoms with Crippen molar-refractivity contribution in [1.29, 1.82) is 0 Å². The van der Waals surface area contributed by atoms with Crippen molar-refractivity contribution in [2.45, 2.75) is 38.6 Å². The van der Waals surface area contributed by atoms with E-state index >= 15 is 0 Å². The summed E-state index contributed by atoms with van der Waals surface area (Å²) in [5.41, 5.74) is 0. The van der Waals surface area contributed by atoms with E-state index in [-0.39, 0.29) is 24.0 Å². The fraction of sp³-hybridized carbons (Fsp3) is 0.773. The molecule has 2 unspecified atom stereocenters. The van der Waals surface area contributed by atoms with Gasteiger partial charge in [0.05, 0.1) is 13.2 Å². The van der Waals surface area contributed by atoms with E-state index in [1.165, 1.54) is 43.6 Å². The maximum Gasteiger partial charge on any atom is 0.191 e. The average molecular weight is 550 g/mol. The minimum atomic E-state index is 0. The van der Waals surface area contributed by atoms with Crippen LogP contribution in [-0.4, -0.2) is 81.8 Å². The number of nitrogens with zero attached hydrogens (tertiary/aromatic N) is 3. The zero-order valence-corrected chi connectivity index (χ0v) is 21.8. The molecule has 0 radical (unpaired) electrons. The molecule has 3 rings (SSSR count). The molecule has 3 heterocycles. The van der Waals surface area contributed by atoms with Gasteiger partial charge in [-0.15, -0.1) is 35.3 Å². The topological polar surface area (TPSA) is 52.1 Å². The van der Waals surface area contributed by atoms with Gasteiger partial charge in [-0.25, -0.2) is 0 Å². The number of morpholine rings is 1. The number of ether oxygens (including phenoxy) is 1. The molecular weight excluding hydrogens is 509 g/mol. The molecule has 6 nitrogen and oxygen atoms in total. The number of hydrogen-bond acceptors (Lipinski definition) is 5. The number of nitrogens with one attached hydrogen (secondary N) is 2. The monoisotopic (exact) mass is 549 g/mol. The Balaban J connectivity index is 0.00000320. The Labute approximate surface area is 203 Å². The summed E-state index contributed by atoms with van der Waals surface area (Å²) in [6.45, 7) is 11.2. The van der Waals surface area contributed by atoms with Crippen molar-refractivity contribution in [3.05, 3.63) is 22.4 Å². The first-order chi connectivity index (χ1) is 14.3. The Morgan fingerprint density at radius 2 is 2.07 bits per heavy atom. The maximum absolute atomic E-state index is 5.42. The highest BCUT2D eigenvalue weighted by Crippen LogP contribution is 2.37. The van der Waals surface area contributed by atoms with Gasteiger partial charge in [-0.3, -0.25) is 14.8 Å². The molecule has 8 heteroatoms. The largest absolute Gasteiger partial charge is 0.379 e. The van der Waals surface area contributed by atoms with Crippen molar-refractivity contribution in [3.63, 3.8) is 0 Å². The molecule has 2 atom stereocenters. The Morgan fingerprint density at radius 1 is 1.23 bits per heavy atom. The molecular formula is C22H40IN5OS. The van der Waals surface area contributed by atoms with Gasteiger partial charge in [0, 0.05) is 43.6 Å². The molecule has 1 aromatic rings. The van der Waals surface area contributed by atoms with E-state index in [1.807, 2.05) is 11.3 Å². The molecule has 30 heavy (non-hydrogen) atoms. The van der Waals surface area contributed by atoms with Crippen molar-refractivity contribution in [2.24, 2.45) is 10.9 Å². The molecule has 2 fully saturated rings. The van der Waals surface area contributed by atoms with Gasteiger partial charge in [0.15, 0.2) is 5.96 Å². The van der Waals surface area contributed by atoms with Gasteiger partial charge in [-0.1, -0.05) is 6.07 Å². The van der Waals surface area contributed by atoms with Gasteiger partial charge in [0.1, 0.15) is 0 Å². The molecule has 2 aliphatic heterocycles. The van der Waals surface area contributed by atoms with Crippen LogP contribution >= 0.6 is 35.3 Å². The van der Waals surface area contributed by atoms with E-state index in [2.05, 4.69) is 51.9 Å². The fourth-order valence-electron chi connectivity index (χ4n) is 4.40. The summed E-state index contributed by atoms with van der Waals surface area (Å²) in [6, 6.07) is 4.96. The lowest BCUT2D eigenvalue weighted by Gasteiger charge is -2.38. The number of thiophene rings is 1. The molecule has 0 amide bonds. The lowest BCUT2D eigenvalue weighted by Crippen LogP contribution is -2.40. The van der Waals surface area contributed by atoms with Gasteiger partial charge in [0.2, 0.25) is 0 Å². The highest BCUT2D eigenvalue weighted by Gasteiger charge is 2.31. The van der Waals surface area contributed by atoms with Crippen molar-refractivity contribution >= 4 is 41.3 Å². The third-order valence-electron chi connectivity index (χ3n) is 5.97. The number of piperidine rings is 1. The molecule has 0 bridgehead atoms. The van der Waals surface area contributed by atoms with Crippen LogP contribution in [0, 0.1) is 5.92 Å². The van der Waals surface area contributed by atoms with E-state index in [4.69, 9.17) is 9.73 Å². The molecule has 172 valence electrons. The van der Waals surface area contributed by atoms with E-state index < -0.39 is 0 Å². The Kier molecular flexibility index (Phi) is 12.6. The molecule has 0 saturated carbocycles. The Morgan fingerprint density at radius 3 is 2.80 bits per heavy atom. The SMILES string of the molecule is CCNC(=NCC1CCCN(C)C1c1cccs1)NCCCCN1CCOCC1.I. The highest BCUT2D eigenvalue weighted by molar-refractivity contribution is 14.0. The number of likely N-dealkylation sites (tertiary alicyclic amines) is 1.